The van der Waals surface area contributed by atoms with E-state index in [9.17, 15) is 4.79 Å². The van der Waals surface area contributed by atoms with Crippen molar-refractivity contribution in [2.75, 3.05) is 38.0 Å². The van der Waals surface area contributed by atoms with E-state index in [0.29, 0.717) is 6.54 Å². The van der Waals surface area contributed by atoms with E-state index < -0.39 is 0 Å². The molecule has 9 nitrogen and oxygen atoms in total. The number of aromatic nitrogens is 1. The molecule has 2 amide bonds. The standard InChI is InChI=1S/C22H33N7O2/c1-4-23-21(29-12-10-28(11-13-29)16-20-9-14-31-27-20)24-15-18-5-7-19(8-6-18)26-22(30)25-17(2)3/h5-9,14,17H,4,10-13,15-16H2,1-3H3,(H,23,24)(H2,25,26,30). The maximum Gasteiger partial charge on any atom is 0.319 e. The summed E-state index contributed by atoms with van der Waals surface area (Å²) in [6, 6.07) is 9.61. The molecule has 1 aromatic heterocycles. The summed E-state index contributed by atoms with van der Waals surface area (Å²) in [6.45, 7) is 11.9. The van der Waals surface area contributed by atoms with Crippen LogP contribution < -0.4 is 16.0 Å². The Morgan fingerprint density at radius 1 is 1.16 bits per heavy atom. The number of rotatable bonds is 7. The molecule has 1 fully saturated rings. The zero-order valence-corrected chi connectivity index (χ0v) is 18.6. The fraction of sp³-hybridized carbons (Fsp3) is 0.500. The fourth-order valence-corrected chi connectivity index (χ4v) is 3.38. The predicted octanol–water partition coefficient (Wildman–Crippen LogP) is 2.49. The van der Waals surface area contributed by atoms with Gasteiger partial charge in [0.1, 0.15) is 6.26 Å². The number of aliphatic imine (C=N–C) groups is 1. The number of guanidine groups is 1. The summed E-state index contributed by atoms with van der Waals surface area (Å²) in [5.74, 6) is 0.932. The van der Waals surface area contributed by atoms with E-state index in [4.69, 9.17) is 9.52 Å². The Balaban J connectivity index is 1.52. The van der Waals surface area contributed by atoms with Crippen molar-refractivity contribution < 1.29 is 9.32 Å². The smallest absolute Gasteiger partial charge is 0.319 e. The van der Waals surface area contributed by atoms with Crippen molar-refractivity contribution in [3.05, 3.63) is 47.9 Å². The number of benzene rings is 1. The third-order valence-corrected chi connectivity index (χ3v) is 4.93. The highest BCUT2D eigenvalue weighted by molar-refractivity contribution is 5.89. The molecule has 1 saturated heterocycles. The number of hydrogen-bond acceptors (Lipinski definition) is 5. The second-order valence-electron chi connectivity index (χ2n) is 7.87. The molecule has 1 aliphatic rings. The van der Waals surface area contributed by atoms with Crippen LogP contribution in [0.25, 0.3) is 0 Å². The fourth-order valence-electron chi connectivity index (χ4n) is 3.38. The van der Waals surface area contributed by atoms with Gasteiger partial charge < -0.3 is 25.4 Å². The van der Waals surface area contributed by atoms with Crippen molar-refractivity contribution in [3.63, 3.8) is 0 Å². The average molecular weight is 428 g/mol. The first-order chi connectivity index (χ1) is 15.0. The largest absolute Gasteiger partial charge is 0.364 e. The van der Waals surface area contributed by atoms with Crippen LogP contribution in [0.3, 0.4) is 0 Å². The second-order valence-corrected chi connectivity index (χ2v) is 7.87. The van der Waals surface area contributed by atoms with Gasteiger partial charge in [0.05, 0.1) is 12.2 Å². The topological polar surface area (TPSA) is 98.0 Å². The van der Waals surface area contributed by atoms with Gasteiger partial charge in [-0.3, -0.25) is 4.90 Å². The highest BCUT2D eigenvalue weighted by Gasteiger charge is 2.20. The molecule has 0 unspecified atom stereocenters. The molecule has 9 heteroatoms. The molecule has 0 spiro atoms. The molecule has 2 aromatic rings. The third-order valence-electron chi connectivity index (χ3n) is 4.93. The van der Waals surface area contributed by atoms with Gasteiger partial charge in [0.25, 0.3) is 0 Å². The summed E-state index contributed by atoms with van der Waals surface area (Å²) < 4.78 is 4.92. The number of urea groups is 1. The summed E-state index contributed by atoms with van der Waals surface area (Å²) in [7, 11) is 0. The maximum absolute atomic E-state index is 11.8. The number of hydrogen-bond donors (Lipinski definition) is 3. The van der Waals surface area contributed by atoms with E-state index in [0.717, 1.165) is 62.2 Å². The minimum absolute atomic E-state index is 0.0993. The predicted molar refractivity (Wildman–Crippen MR) is 122 cm³/mol. The van der Waals surface area contributed by atoms with Gasteiger partial charge in [-0.2, -0.15) is 0 Å². The monoisotopic (exact) mass is 427 g/mol. The molecule has 0 saturated carbocycles. The Bertz CT molecular complexity index is 826. The van der Waals surface area contributed by atoms with Crippen molar-refractivity contribution in [2.24, 2.45) is 4.99 Å². The Labute approximate surface area is 183 Å². The number of nitrogens with zero attached hydrogens (tertiary/aromatic N) is 4. The molecule has 1 aromatic carbocycles. The first kappa shape index (κ1) is 22.6. The van der Waals surface area contributed by atoms with Crippen molar-refractivity contribution in [2.45, 2.75) is 39.9 Å². The van der Waals surface area contributed by atoms with E-state index in [1.54, 1.807) is 6.26 Å². The number of carbonyl (C=O) groups is 1. The van der Waals surface area contributed by atoms with Crippen molar-refractivity contribution >= 4 is 17.7 Å². The molecule has 0 aliphatic carbocycles. The van der Waals surface area contributed by atoms with Crippen molar-refractivity contribution in [1.82, 2.24) is 25.6 Å². The van der Waals surface area contributed by atoms with Crippen LogP contribution in [0.15, 0.2) is 46.1 Å². The van der Waals surface area contributed by atoms with Crippen molar-refractivity contribution in [1.29, 1.82) is 0 Å². The summed E-state index contributed by atoms with van der Waals surface area (Å²) in [5.41, 5.74) is 2.82. The molecule has 168 valence electrons. The molecule has 31 heavy (non-hydrogen) atoms. The van der Waals surface area contributed by atoms with Crippen LogP contribution in [-0.2, 0) is 13.1 Å². The van der Waals surface area contributed by atoms with E-state index in [1.165, 1.54) is 0 Å². The number of piperazine rings is 1. The SMILES string of the molecule is CCNC(=NCc1ccc(NC(=O)NC(C)C)cc1)N1CCN(Cc2ccon2)CC1. The average Bonchev–Trinajstić information content (AvgIpc) is 3.25. The molecule has 3 rings (SSSR count). The van der Waals surface area contributed by atoms with Gasteiger partial charge in [-0.25, -0.2) is 9.79 Å². The van der Waals surface area contributed by atoms with E-state index in [-0.39, 0.29) is 12.1 Å². The Kier molecular flexibility index (Phi) is 8.28. The van der Waals surface area contributed by atoms with Crippen LogP contribution in [0.2, 0.25) is 0 Å². The molecular weight excluding hydrogens is 394 g/mol. The summed E-state index contributed by atoms with van der Waals surface area (Å²) >= 11 is 0. The number of nitrogens with one attached hydrogen (secondary N) is 3. The number of anilines is 1. The first-order valence-corrected chi connectivity index (χ1v) is 10.8. The Morgan fingerprint density at radius 2 is 1.90 bits per heavy atom. The normalized spacial score (nSPS) is 15.2. The highest BCUT2D eigenvalue weighted by Crippen LogP contribution is 2.12. The summed E-state index contributed by atoms with van der Waals surface area (Å²) in [6.07, 6.45) is 1.62. The lowest BCUT2D eigenvalue weighted by atomic mass is 10.2. The van der Waals surface area contributed by atoms with E-state index in [2.05, 4.69) is 37.8 Å². The summed E-state index contributed by atoms with van der Waals surface area (Å²) in [4.78, 5) is 21.3. The van der Waals surface area contributed by atoms with Crippen LogP contribution >= 0.6 is 0 Å². The van der Waals surface area contributed by atoms with Gasteiger partial charge in [0, 0.05) is 57.1 Å². The zero-order valence-electron chi connectivity index (χ0n) is 18.6. The molecule has 3 N–H and O–H groups in total. The lowest BCUT2D eigenvalue weighted by Gasteiger charge is -2.36. The molecule has 0 atom stereocenters. The van der Waals surface area contributed by atoms with Gasteiger partial charge in [-0.15, -0.1) is 0 Å². The first-order valence-electron chi connectivity index (χ1n) is 10.8. The number of carbonyl (C=O) groups excluding carboxylic acids is 1. The maximum atomic E-state index is 11.8. The minimum Gasteiger partial charge on any atom is -0.364 e. The van der Waals surface area contributed by atoms with E-state index in [1.807, 2.05) is 44.2 Å². The van der Waals surface area contributed by atoms with Gasteiger partial charge in [-0.05, 0) is 38.5 Å². The molecule has 0 bridgehead atoms. The Morgan fingerprint density at radius 3 is 2.52 bits per heavy atom. The highest BCUT2D eigenvalue weighted by atomic mass is 16.5. The van der Waals surface area contributed by atoms with Crippen LogP contribution in [0.4, 0.5) is 10.5 Å². The Hall–Kier alpha value is -3.07. The third kappa shape index (κ3) is 7.29. The van der Waals surface area contributed by atoms with Crippen LogP contribution in [-0.4, -0.2) is 65.7 Å². The zero-order chi connectivity index (χ0) is 22.1. The minimum atomic E-state index is -0.196. The molecule has 2 heterocycles. The van der Waals surface area contributed by atoms with Gasteiger partial charge in [0.2, 0.25) is 0 Å². The molecule has 0 radical (unpaired) electrons. The van der Waals surface area contributed by atoms with Crippen molar-refractivity contribution in [3.8, 4) is 0 Å². The lowest BCUT2D eigenvalue weighted by molar-refractivity contribution is 0.169. The number of amides is 2. The lowest BCUT2D eigenvalue weighted by Crippen LogP contribution is -2.52. The van der Waals surface area contributed by atoms with Crippen LogP contribution in [0.5, 0.6) is 0 Å². The molecular formula is C22H33N7O2. The van der Waals surface area contributed by atoms with Crippen LogP contribution in [0.1, 0.15) is 32.0 Å². The quantitative estimate of drug-likeness (QED) is 0.464. The van der Waals surface area contributed by atoms with Gasteiger partial charge in [-0.1, -0.05) is 17.3 Å². The summed E-state index contributed by atoms with van der Waals surface area (Å²) in [5, 5.41) is 13.1. The molecule has 1 aliphatic heterocycles. The van der Waals surface area contributed by atoms with Crippen LogP contribution in [0, 0.1) is 0 Å². The van der Waals surface area contributed by atoms with Gasteiger partial charge >= 0.3 is 6.03 Å². The van der Waals surface area contributed by atoms with E-state index >= 15 is 0 Å². The van der Waals surface area contributed by atoms with Gasteiger partial charge in [0.15, 0.2) is 5.96 Å². The second kappa shape index (κ2) is 11.4.